The molecule has 0 amide bonds. The van der Waals surface area contributed by atoms with Crippen molar-refractivity contribution in [2.24, 2.45) is 0 Å². The molecule has 28 heavy (non-hydrogen) atoms. The fourth-order valence-electron chi connectivity index (χ4n) is 3.08. The topological polar surface area (TPSA) is 110 Å². The maximum absolute atomic E-state index is 8.15. The first-order valence-corrected chi connectivity index (χ1v) is 9.38. The van der Waals surface area contributed by atoms with E-state index in [1.807, 2.05) is 32.9 Å². The second kappa shape index (κ2) is 8.21. The van der Waals surface area contributed by atoms with E-state index in [1.54, 1.807) is 0 Å². The van der Waals surface area contributed by atoms with Gasteiger partial charge in [-0.1, -0.05) is 25.1 Å². The molecule has 0 unspecified atom stereocenters. The molecule has 0 saturated heterocycles. The van der Waals surface area contributed by atoms with Gasteiger partial charge in [-0.05, 0) is 44.2 Å². The number of anilines is 2. The van der Waals surface area contributed by atoms with Crippen molar-refractivity contribution in [1.82, 2.24) is 15.0 Å². The molecule has 0 radical (unpaired) electrons. The Labute approximate surface area is 164 Å². The van der Waals surface area contributed by atoms with Crippen LogP contribution in [0.3, 0.4) is 0 Å². The van der Waals surface area contributed by atoms with E-state index in [0.717, 1.165) is 22.0 Å². The number of nitrogens with one attached hydrogen (secondary N) is 2. The normalized spacial score (nSPS) is 11.0. The lowest BCUT2D eigenvalue weighted by atomic mass is 10.1. The molecule has 0 aliphatic heterocycles. The Morgan fingerprint density at radius 1 is 1.29 bits per heavy atom. The summed E-state index contributed by atoms with van der Waals surface area (Å²) in [4.78, 5) is 13.0. The minimum absolute atomic E-state index is 0.0248. The fourth-order valence-corrected chi connectivity index (χ4v) is 3.08. The lowest BCUT2D eigenvalue weighted by Crippen LogP contribution is -2.13. The minimum atomic E-state index is 0.0248. The Morgan fingerprint density at radius 3 is 2.79 bits per heavy atom. The van der Waals surface area contributed by atoms with Crippen molar-refractivity contribution in [3.05, 3.63) is 47.4 Å². The van der Waals surface area contributed by atoms with E-state index < -0.39 is 0 Å². The summed E-state index contributed by atoms with van der Waals surface area (Å²) in [6, 6.07) is 8.18. The molecule has 1 aromatic carbocycles. The van der Waals surface area contributed by atoms with Gasteiger partial charge in [0.1, 0.15) is 18.0 Å². The van der Waals surface area contributed by atoms with Gasteiger partial charge in [0.15, 0.2) is 0 Å². The first-order chi connectivity index (χ1) is 13.4. The van der Waals surface area contributed by atoms with Crippen LogP contribution in [0.1, 0.15) is 44.0 Å². The first kappa shape index (κ1) is 19.5. The summed E-state index contributed by atoms with van der Waals surface area (Å²) >= 11 is 0. The highest BCUT2D eigenvalue weighted by molar-refractivity contribution is 6.05. The molecular weight excluding hydrogens is 352 g/mol. The van der Waals surface area contributed by atoms with Gasteiger partial charge in [0.25, 0.3) is 0 Å². The highest BCUT2D eigenvalue weighted by atomic mass is 16.5. The van der Waals surface area contributed by atoms with Crippen molar-refractivity contribution in [2.75, 3.05) is 11.1 Å². The number of aromatic nitrogens is 3. The number of benzene rings is 1. The number of nitrogens with two attached hydrogens (primary N) is 1. The van der Waals surface area contributed by atoms with E-state index in [-0.39, 0.29) is 6.10 Å². The Bertz CT molecular complexity index is 1020. The van der Waals surface area contributed by atoms with Crippen LogP contribution < -0.4 is 15.8 Å². The van der Waals surface area contributed by atoms with Crippen LogP contribution in [0.5, 0.6) is 5.88 Å². The standard InChI is InChI=1S/C21H26N6O/c1-5-16(22)18-19(23)25-11-26-20(18)24-10-15-9-14-8-6-7-13(4)17(14)21(27-15)28-12(2)3/h6-9,11-12,22H,5,10H2,1-4H3,(H3,23,24,25,26). The molecule has 7 heteroatoms. The molecule has 0 aliphatic carbocycles. The summed E-state index contributed by atoms with van der Waals surface area (Å²) in [5, 5.41) is 13.5. The van der Waals surface area contributed by atoms with Crippen LogP contribution >= 0.6 is 0 Å². The van der Waals surface area contributed by atoms with Crippen molar-refractivity contribution in [2.45, 2.75) is 46.8 Å². The summed E-state index contributed by atoms with van der Waals surface area (Å²) in [7, 11) is 0. The molecule has 4 N–H and O–H groups in total. The van der Waals surface area contributed by atoms with Gasteiger partial charge in [-0.25, -0.2) is 15.0 Å². The van der Waals surface area contributed by atoms with Crippen molar-refractivity contribution >= 4 is 28.1 Å². The maximum Gasteiger partial charge on any atom is 0.222 e. The number of nitrogens with zero attached hydrogens (tertiary/aromatic N) is 3. The van der Waals surface area contributed by atoms with Crippen molar-refractivity contribution < 1.29 is 4.74 Å². The van der Waals surface area contributed by atoms with Crippen LogP contribution in [-0.2, 0) is 6.54 Å². The fraction of sp³-hybridized carbons (Fsp3) is 0.333. The molecule has 0 bridgehead atoms. The van der Waals surface area contributed by atoms with Crippen LogP contribution in [0.2, 0.25) is 0 Å². The predicted molar refractivity (Wildman–Crippen MR) is 113 cm³/mol. The molecule has 3 rings (SSSR count). The number of pyridine rings is 1. The predicted octanol–water partition coefficient (Wildman–Crippen LogP) is 4.09. The van der Waals surface area contributed by atoms with Gasteiger partial charge in [-0.3, -0.25) is 0 Å². The summed E-state index contributed by atoms with van der Waals surface area (Å²) in [5.74, 6) is 1.47. The maximum atomic E-state index is 8.15. The Hall–Kier alpha value is -3.22. The van der Waals surface area contributed by atoms with Crippen molar-refractivity contribution in [3.63, 3.8) is 0 Å². The van der Waals surface area contributed by atoms with E-state index in [1.165, 1.54) is 6.33 Å². The number of fused-ring (bicyclic) bond motifs is 1. The zero-order valence-electron chi connectivity index (χ0n) is 16.7. The number of rotatable bonds is 7. The molecule has 2 aromatic heterocycles. The molecule has 0 atom stereocenters. The molecule has 7 nitrogen and oxygen atoms in total. The van der Waals surface area contributed by atoms with Gasteiger partial charge >= 0.3 is 0 Å². The van der Waals surface area contributed by atoms with Crippen molar-refractivity contribution in [1.29, 1.82) is 5.41 Å². The third-order valence-corrected chi connectivity index (χ3v) is 4.40. The van der Waals surface area contributed by atoms with Crippen LogP contribution in [-0.4, -0.2) is 26.8 Å². The van der Waals surface area contributed by atoms with E-state index >= 15 is 0 Å². The quantitative estimate of drug-likeness (QED) is 0.534. The van der Waals surface area contributed by atoms with E-state index in [9.17, 15) is 0 Å². The van der Waals surface area contributed by atoms with Crippen LogP contribution in [0.25, 0.3) is 10.8 Å². The number of nitrogen functional groups attached to an aromatic ring is 1. The van der Waals surface area contributed by atoms with Gasteiger partial charge in [0.05, 0.1) is 23.9 Å². The molecule has 0 aliphatic rings. The number of hydrogen-bond acceptors (Lipinski definition) is 7. The monoisotopic (exact) mass is 378 g/mol. The molecule has 3 aromatic rings. The lowest BCUT2D eigenvalue weighted by Gasteiger charge is -2.16. The zero-order chi connectivity index (χ0) is 20.3. The molecule has 0 saturated carbocycles. The van der Waals surface area contributed by atoms with Gasteiger partial charge in [0, 0.05) is 11.1 Å². The molecule has 2 heterocycles. The van der Waals surface area contributed by atoms with Gasteiger partial charge < -0.3 is 21.2 Å². The number of ether oxygens (including phenoxy) is 1. The molecule has 146 valence electrons. The average molecular weight is 378 g/mol. The second-order valence-electron chi connectivity index (χ2n) is 6.93. The van der Waals surface area contributed by atoms with E-state index in [4.69, 9.17) is 20.9 Å². The van der Waals surface area contributed by atoms with Gasteiger partial charge in [-0.15, -0.1) is 0 Å². The highest BCUT2D eigenvalue weighted by Crippen LogP contribution is 2.29. The Balaban J connectivity index is 1.96. The van der Waals surface area contributed by atoms with Crippen LogP contribution in [0.15, 0.2) is 30.6 Å². The SMILES string of the molecule is CCC(=N)c1c(N)ncnc1NCc1cc2cccc(C)c2c(OC(C)C)n1. The molecule has 0 fully saturated rings. The first-order valence-electron chi connectivity index (χ1n) is 9.38. The number of hydrogen-bond donors (Lipinski definition) is 3. The summed E-state index contributed by atoms with van der Waals surface area (Å²) in [6.45, 7) is 8.37. The largest absolute Gasteiger partial charge is 0.474 e. The average Bonchev–Trinajstić information content (AvgIpc) is 2.65. The van der Waals surface area contributed by atoms with Crippen LogP contribution in [0, 0.1) is 12.3 Å². The third-order valence-electron chi connectivity index (χ3n) is 4.40. The van der Waals surface area contributed by atoms with Gasteiger partial charge in [0.2, 0.25) is 5.88 Å². The second-order valence-corrected chi connectivity index (χ2v) is 6.93. The van der Waals surface area contributed by atoms with Crippen LogP contribution in [0.4, 0.5) is 11.6 Å². The molecule has 0 spiro atoms. The molecular formula is C21H26N6O. The summed E-state index contributed by atoms with van der Waals surface area (Å²) in [6.07, 6.45) is 1.97. The summed E-state index contributed by atoms with van der Waals surface area (Å²) < 4.78 is 5.98. The number of aryl methyl sites for hydroxylation is 1. The van der Waals surface area contributed by atoms with E-state index in [2.05, 4.69) is 34.3 Å². The third kappa shape index (κ3) is 4.03. The summed E-state index contributed by atoms with van der Waals surface area (Å²) in [5.41, 5.74) is 8.85. The van der Waals surface area contributed by atoms with Gasteiger partial charge in [-0.2, -0.15) is 0 Å². The smallest absolute Gasteiger partial charge is 0.222 e. The van der Waals surface area contributed by atoms with E-state index in [0.29, 0.717) is 41.8 Å². The Kier molecular flexibility index (Phi) is 5.73. The Morgan fingerprint density at radius 2 is 2.07 bits per heavy atom. The lowest BCUT2D eigenvalue weighted by molar-refractivity contribution is 0.235. The highest BCUT2D eigenvalue weighted by Gasteiger charge is 2.15. The zero-order valence-corrected chi connectivity index (χ0v) is 16.7. The minimum Gasteiger partial charge on any atom is -0.474 e. The van der Waals surface area contributed by atoms with Crippen molar-refractivity contribution in [3.8, 4) is 5.88 Å².